The van der Waals surface area contributed by atoms with E-state index in [4.69, 9.17) is 16.3 Å². The maximum Gasteiger partial charge on any atom is 0.123 e. The van der Waals surface area contributed by atoms with Gasteiger partial charge in [-0.1, -0.05) is 18.5 Å². The highest BCUT2D eigenvalue weighted by Crippen LogP contribution is 2.27. The lowest BCUT2D eigenvalue weighted by atomic mass is 10.0. The third kappa shape index (κ3) is 4.56. The van der Waals surface area contributed by atoms with E-state index in [0.717, 1.165) is 24.9 Å². The van der Waals surface area contributed by atoms with Crippen molar-refractivity contribution in [3.63, 3.8) is 0 Å². The fraction of sp³-hybridized carbons (Fsp3) is 0.571. The summed E-state index contributed by atoms with van der Waals surface area (Å²) in [6.07, 6.45) is 1.88. The second kappa shape index (κ2) is 7.72. The Hall–Kier alpha value is -0.640. The molecule has 1 aromatic rings. The number of hydrogen-bond donors (Lipinski definition) is 1. The van der Waals surface area contributed by atoms with Gasteiger partial charge in [-0.2, -0.15) is 0 Å². The fourth-order valence-electron chi connectivity index (χ4n) is 1.85. The lowest BCUT2D eigenvalue weighted by molar-refractivity contribution is 0.100. The van der Waals surface area contributed by atoms with E-state index in [1.165, 1.54) is 12.1 Å². The average molecular weight is 274 g/mol. The Labute approximate surface area is 113 Å². The molecule has 4 heteroatoms. The van der Waals surface area contributed by atoms with Gasteiger partial charge in [0.05, 0.1) is 6.10 Å². The van der Waals surface area contributed by atoms with Crippen LogP contribution in [0.4, 0.5) is 4.39 Å². The van der Waals surface area contributed by atoms with Crippen molar-refractivity contribution >= 4 is 11.6 Å². The van der Waals surface area contributed by atoms with Crippen LogP contribution in [0.1, 0.15) is 38.3 Å². The molecule has 0 aliphatic carbocycles. The Morgan fingerprint density at radius 1 is 1.44 bits per heavy atom. The number of halogens is 2. The van der Waals surface area contributed by atoms with Gasteiger partial charge in [0, 0.05) is 18.2 Å². The van der Waals surface area contributed by atoms with Crippen molar-refractivity contribution in [1.82, 2.24) is 5.32 Å². The van der Waals surface area contributed by atoms with Crippen LogP contribution in [0.3, 0.4) is 0 Å². The Morgan fingerprint density at radius 3 is 2.78 bits per heavy atom. The van der Waals surface area contributed by atoms with Crippen LogP contribution in [-0.2, 0) is 4.74 Å². The summed E-state index contributed by atoms with van der Waals surface area (Å²) >= 11 is 6.15. The minimum Gasteiger partial charge on any atom is -0.382 e. The van der Waals surface area contributed by atoms with Gasteiger partial charge in [0.2, 0.25) is 0 Å². The Bertz CT molecular complexity index is 373. The third-order valence-corrected chi connectivity index (χ3v) is 3.29. The lowest BCUT2D eigenvalue weighted by Gasteiger charge is -2.23. The molecule has 2 unspecified atom stereocenters. The molecule has 0 heterocycles. The molecule has 0 fully saturated rings. The summed E-state index contributed by atoms with van der Waals surface area (Å²) in [7, 11) is 1.68. The molecule has 102 valence electrons. The highest BCUT2D eigenvalue weighted by molar-refractivity contribution is 6.31. The Balaban J connectivity index is 2.89. The Morgan fingerprint density at radius 2 is 2.17 bits per heavy atom. The fourth-order valence-corrected chi connectivity index (χ4v) is 2.10. The van der Waals surface area contributed by atoms with Crippen molar-refractivity contribution in [2.24, 2.45) is 0 Å². The molecule has 1 N–H and O–H groups in total. The van der Waals surface area contributed by atoms with Crippen LogP contribution in [0.2, 0.25) is 5.02 Å². The van der Waals surface area contributed by atoms with Crippen LogP contribution in [0, 0.1) is 5.82 Å². The van der Waals surface area contributed by atoms with Crippen molar-refractivity contribution in [2.45, 2.75) is 38.8 Å². The maximum atomic E-state index is 13.3. The van der Waals surface area contributed by atoms with Gasteiger partial charge >= 0.3 is 0 Å². The van der Waals surface area contributed by atoms with Crippen molar-refractivity contribution in [3.05, 3.63) is 34.6 Å². The summed E-state index contributed by atoms with van der Waals surface area (Å²) in [6, 6.07) is 4.49. The maximum absolute atomic E-state index is 13.3. The second-order valence-corrected chi connectivity index (χ2v) is 4.86. The van der Waals surface area contributed by atoms with Crippen molar-refractivity contribution in [2.75, 3.05) is 13.7 Å². The van der Waals surface area contributed by atoms with Gasteiger partial charge in [-0.25, -0.2) is 4.39 Å². The van der Waals surface area contributed by atoms with Gasteiger partial charge in [0.1, 0.15) is 5.82 Å². The lowest BCUT2D eigenvalue weighted by Crippen LogP contribution is -2.26. The van der Waals surface area contributed by atoms with Gasteiger partial charge in [0.25, 0.3) is 0 Å². The van der Waals surface area contributed by atoms with E-state index in [9.17, 15) is 4.39 Å². The molecular formula is C14H21ClFNO. The van der Waals surface area contributed by atoms with Gasteiger partial charge in [-0.3, -0.25) is 0 Å². The van der Waals surface area contributed by atoms with E-state index in [1.807, 2.05) is 6.92 Å². The van der Waals surface area contributed by atoms with Crippen LogP contribution in [0.15, 0.2) is 18.2 Å². The molecule has 1 aromatic carbocycles. The number of nitrogens with one attached hydrogen (secondary N) is 1. The van der Waals surface area contributed by atoms with E-state index in [0.29, 0.717) is 5.02 Å². The highest BCUT2D eigenvalue weighted by Gasteiger charge is 2.17. The van der Waals surface area contributed by atoms with E-state index < -0.39 is 0 Å². The molecule has 2 atom stereocenters. The minimum absolute atomic E-state index is 0.0168. The van der Waals surface area contributed by atoms with Crippen LogP contribution in [0.25, 0.3) is 0 Å². The first-order valence-corrected chi connectivity index (χ1v) is 6.67. The summed E-state index contributed by atoms with van der Waals surface area (Å²) in [5.41, 5.74) is 0.800. The number of benzene rings is 1. The quantitative estimate of drug-likeness (QED) is 0.812. The Kier molecular flexibility index (Phi) is 6.61. The minimum atomic E-state index is -0.261. The second-order valence-electron chi connectivity index (χ2n) is 4.45. The number of methoxy groups -OCH3 is 1. The first kappa shape index (κ1) is 15.4. The molecule has 18 heavy (non-hydrogen) atoms. The molecule has 0 amide bonds. The molecule has 0 aromatic heterocycles. The van der Waals surface area contributed by atoms with Crippen LogP contribution in [0.5, 0.6) is 0 Å². The van der Waals surface area contributed by atoms with Gasteiger partial charge < -0.3 is 10.1 Å². The zero-order valence-corrected chi connectivity index (χ0v) is 11.9. The standard InChI is InChI=1S/C14H21ClFNO/c1-4-7-17-14(8-10(2)18-3)12-9-11(16)5-6-13(12)15/h5-6,9-10,14,17H,4,7-8H2,1-3H3. The third-order valence-electron chi connectivity index (χ3n) is 2.94. The molecule has 0 saturated carbocycles. The SMILES string of the molecule is CCCNC(CC(C)OC)c1cc(F)ccc1Cl. The van der Waals surface area contributed by atoms with Crippen LogP contribution < -0.4 is 5.32 Å². The largest absolute Gasteiger partial charge is 0.382 e. The zero-order valence-electron chi connectivity index (χ0n) is 11.2. The van der Waals surface area contributed by atoms with Crippen LogP contribution >= 0.6 is 11.6 Å². The van der Waals surface area contributed by atoms with E-state index in [1.54, 1.807) is 13.2 Å². The molecular weight excluding hydrogens is 253 g/mol. The summed E-state index contributed by atoms with van der Waals surface area (Å²) in [5, 5.41) is 3.98. The zero-order chi connectivity index (χ0) is 13.5. The first-order valence-electron chi connectivity index (χ1n) is 6.29. The molecule has 0 saturated heterocycles. The molecule has 1 rings (SSSR count). The summed E-state index contributed by atoms with van der Waals surface area (Å²) in [4.78, 5) is 0. The number of ether oxygens (including phenoxy) is 1. The summed E-state index contributed by atoms with van der Waals surface area (Å²) in [6.45, 7) is 4.96. The van der Waals surface area contributed by atoms with Gasteiger partial charge in [0.15, 0.2) is 0 Å². The van der Waals surface area contributed by atoms with E-state index >= 15 is 0 Å². The van der Waals surface area contributed by atoms with E-state index in [-0.39, 0.29) is 18.0 Å². The summed E-state index contributed by atoms with van der Waals surface area (Å²) in [5.74, 6) is -0.261. The number of hydrogen-bond acceptors (Lipinski definition) is 2. The number of rotatable bonds is 7. The van der Waals surface area contributed by atoms with Crippen molar-refractivity contribution < 1.29 is 9.13 Å². The molecule has 0 radical (unpaired) electrons. The van der Waals surface area contributed by atoms with Crippen molar-refractivity contribution in [1.29, 1.82) is 0 Å². The van der Waals surface area contributed by atoms with E-state index in [2.05, 4.69) is 12.2 Å². The molecule has 0 bridgehead atoms. The molecule has 0 spiro atoms. The predicted octanol–water partition coefficient (Wildman–Crippen LogP) is 3.94. The molecule has 0 aliphatic heterocycles. The van der Waals surface area contributed by atoms with Gasteiger partial charge in [-0.15, -0.1) is 0 Å². The topological polar surface area (TPSA) is 21.3 Å². The predicted molar refractivity (Wildman–Crippen MR) is 73.5 cm³/mol. The molecule has 0 aliphatic rings. The highest BCUT2D eigenvalue weighted by atomic mass is 35.5. The monoisotopic (exact) mass is 273 g/mol. The summed E-state index contributed by atoms with van der Waals surface area (Å²) < 4.78 is 18.6. The first-order chi connectivity index (χ1) is 8.58. The normalized spacial score (nSPS) is 14.5. The smallest absolute Gasteiger partial charge is 0.123 e. The molecule has 2 nitrogen and oxygen atoms in total. The van der Waals surface area contributed by atoms with Crippen LogP contribution in [-0.4, -0.2) is 19.8 Å². The van der Waals surface area contributed by atoms with Crippen molar-refractivity contribution in [3.8, 4) is 0 Å². The van der Waals surface area contributed by atoms with Gasteiger partial charge in [-0.05, 0) is 50.1 Å². The average Bonchev–Trinajstić information content (AvgIpc) is 2.37.